The molecule has 28 heavy (non-hydrogen) atoms. The highest BCUT2D eigenvalue weighted by Gasteiger charge is 2.40. The van der Waals surface area contributed by atoms with Gasteiger partial charge >= 0.3 is 0 Å². The fourth-order valence-corrected chi connectivity index (χ4v) is 4.44. The first kappa shape index (κ1) is 19.2. The number of aliphatic hydroxyl groups excluding tert-OH is 1. The molecular weight excluding hydrogens is 361 g/mol. The van der Waals surface area contributed by atoms with E-state index in [4.69, 9.17) is 4.74 Å². The van der Waals surface area contributed by atoms with Crippen molar-refractivity contribution in [1.82, 2.24) is 4.90 Å². The first-order valence-corrected chi connectivity index (χ1v) is 9.66. The molecule has 0 bridgehead atoms. The van der Waals surface area contributed by atoms with E-state index in [1.54, 1.807) is 25.1 Å². The van der Waals surface area contributed by atoms with Crippen molar-refractivity contribution in [3.05, 3.63) is 58.4 Å². The van der Waals surface area contributed by atoms with E-state index in [1.807, 2.05) is 6.92 Å². The second kappa shape index (κ2) is 7.03. The molecule has 2 aromatic rings. The van der Waals surface area contributed by atoms with Crippen LogP contribution in [0.3, 0.4) is 0 Å². The van der Waals surface area contributed by atoms with Gasteiger partial charge in [0, 0.05) is 24.2 Å². The van der Waals surface area contributed by atoms with Crippen molar-refractivity contribution >= 4 is 0 Å². The second-order valence-corrected chi connectivity index (χ2v) is 7.98. The van der Waals surface area contributed by atoms with E-state index in [0.29, 0.717) is 55.0 Å². The third-order valence-electron chi connectivity index (χ3n) is 6.26. The average Bonchev–Trinajstić information content (AvgIpc) is 2.68. The van der Waals surface area contributed by atoms with E-state index in [1.165, 1.54) is 12.1 Å². The van der Waals surface area contributed by atoms with Crippen LogP contribution in [0, 0.1) is 19.7 Å². The molecule has 2 aromatic carbocycles. The normalized spacial score (nSPS) is 24.5. The average molecular weight is 387 g/mol. The minimum absolute atomic E-state index is 0.201. The van der Waals surface area contributed by atoms with Gasteiger partial charge in [-0.15, -0.1) is 0 Å². The maximum Gasteiger partial charge on any atom is 0.131 e. The van der Waals surface area contributed by atoms with Gasteiger partial charge in [0.1, 0.15) is 30.0 Å². The molecule has 1 fully saturated rings. The first-order valence-electron chi connectivity index (χ1n) is 9.66. The monoisotopic (exact) mass is 387 g/mol. The summed E-state index contributed by atoms with van der Waals surface area (Å²) in [5.41, 5.74) is 1.80. The maximum atomic E-state index is 13.2. The van der Waals surface area contributed by atoms with Crippen molar-refractivity contribution in [2.24, 2.45) is 0 Å². The number of piperidine rings is 1. The Labute approximate surface area is 164 Å². The standard InChI is InChI=1S/C22H26FNO4/c1-13-11-17-20(26)18(12-28-21(17)14(2)19(13)25)24-9-7-22(27,8-10-24)15-3-5-16(23)6-4-15/h3-6,11,18,20,25-27H,7-10,12H2,1-2H3. The number of fused-ring (bicyclic) bond motifs is 1. The molecule has 0 aliphatic carbocycles. The van der Waals surface area contributed by atoms with Gasteiger partial charge in [0.2, 0.25) is 0 Å². The molecule has 0 aromatic heterocycles. The summed E-state index contributed by atoms with van der Waals surface area (Å²) in [4.78, 5) is 2.14. The van der Waals surface area contributed by atoms with Gasteiger partial charge in [0.25, 0.3) is 0 Å². The molecule has 0 spiro atoms. The summed E-state index contributed by atoms with van der Waals surface area (Å²) in [6, 6.07) is 7.59. The van der Waals surface area contributed by atoms with E-state index in [2.05, 4.69) is 4.90 Å². The zero-order valence-electron chi connectivity index (χ0n) is 16.2. The summed E-state index contributed by atoms with van der Waals surface area (Å²) in [5, 5.41) is 32.1. The summed E-state index contributed by atoms with van der Waals surface area (Å²) in [6.07, 6.45) is 0.281. The van der Waals surface area contributed by atoms with Gasteiger partial charge in [-0.25, -0.2) is 4.39 Å². The highest BCUT2D eigenvalue weighted by Crippen LogP contribution is 2.43. The molecular formula is C22H26FNO4. The lowest BCUT2D eigenvalue weighted by atomic mass is 9.83. The smallest absolute Gasteiger partial charge is 0.131 e. The third-order valence-corrected chi connectivity index (χ3v) is 6.26. The summed E-state index contributed by atoms with van der Waals surface area (Å²) in [5.74, 6) is 0.445. The van der Waals surface area contributed by atoms with Crippen LogP contribution in [0.25, 0.3) is 0 Å². The van der Waals surface area contributed by atoms with Crippen molar-refractivity contribution in [2.75, 3.05) is 19.7 Å². The molecule has 6 heteroatoms. The molecule has 150 valence electrons. The van der Waals surface area contributed by atoms with Gasteiger partial charge < -0.3 is 20.1 Å². The van der Waals surface area contributed by atoms with E-state index in [0.717, 1.165) is 5.56 Å². The van der Waals surface area contributed by atoms with E-state index in [9.17, 15) is 19.7 Å². The van der Waals surface area contributed by atoms with Crippen molar-refractivity contribution in [2.45, 2.75) is 44.4 Å². The molecule has 2 heterocycles. The van der Waals surface area contributed by atoms with E-state index < -0.39 is 11.7 Å². The van der Waals surface area contributed by atoms with Crippen LogP contribution in [0.2, 0.25) is 0 Å². The molecule has 2 atom stereocenters. The number of phenolic OH excluding ortho intramolecular Hbond substituents is 1. The molecule has 0 saturated carbocycles. The molecule has 4 rings (SSSR count). The molecule has 5 nitrogen and oxygen atoms in total. The molecule has 0 radical (unpaired) electrons. The molecule has 3 N–H and O–H groups in total. The molecule has 0 amide bonds. The number of rotatable bonds is 2. The van der Waals surface area contributed by atoms with Gasteiger partial charge in [0.15, 0.2) is 0 Å². The lowest BCUT2D eigenvalue weighted by molar-refractivity contribution is -0.0666. The number of aliphatic hydroxyl groups is 2. The molecule has 2 unspecified atom stereocenters. The van der Waals surface area contributed by atoms with E-state index >= 15 is 0 Å². The van der Waals surface area contributed by atoms with E-state index in [-0.39, 0.29) is 17.6 Å². The Morgan fingerprint density at radius 1 is 1.14 bits per heavy atom. The van der Waals surface area contributed by atoms with Crippen molar-refractivity contribution in [1.29, 1.82) is 0 Å². The van der Waals surface area contributed by atoms with Gasteiger partial charge in [-0.05, 0) is 56.0 Å². The number of phenols is 1. The number of hydrogen-bond acceptors (Lipinski definition) is 5. The van der Waals surface area contributed by atoms with Crippen LogP contribution in [-0.2, 0) is 5.60 Å². The largest absolute Gasteiger partial charge is 0.507 e. The highest BCUT2D eigenvalue weighted by atomic mass is 19.1. The third kappa shape index (κ3) is 3.15. The van der Waals surface area contributed by atoms with Gasteiger partial charge in [-0.2, -0.15) is 0 Å². The number of nitrogens with zero attached hydrogens (tertiary/aromatic N) is 1. The Morgan fingerprint density at radius 3 is 2.43 bits per heavy atom. The van der Waals surface area contributed by atoms with Crippen LogP contribution in [-0.4, -0.2) is 46.0 Å². The first-order chi connectivity index (χ1) is 13.3. The summed E-state index contributed by atoms with van der Waals surface area (Å²) in [7, 11) is 0. The lowest BCUT2D eigenvalue weighted by Crippen LogP contribution is -2.52. The Bertz CT molecular complexity index is 875. The Kier molecular flexibility index (Phi) is 4.81. The number of halogens is 1. The SMILES string of the molecule is Cc1cc2c(c(C)c1O)OCC(N1CCC(O)(c3ccc(F)cc3)CC1)C2O. The summed E-state index contributed by atoms with van der Waals surface area (Å²) < 4.78 is 19.1. The minimum Gasteiger partial charge on any atom is -0.507 e. The second-order valence-electron chi connectivity index (χ2n) is 7.98. The maximum absolute atomic E-state index is 13.2. The predicted octanol–water partition coefficient (Wildman–Crippen LogP) is 2.93. The fraction of sp³-hybridized carbons (Fsp3) is 0.455. The van der Waals surface area contributed by atoms with Crippen LogP contribution in [0.15, 0.2) is 30.3 Å². The minimum atomic E-state index is -0.985. The number of ether oxygens (including phenoxy) is 1. The number of hydrogen-bond donors (Lipinski definition) is 3. The van der Waals surface area contributed by atoms with Crippen LogP contribution >= 0.6 is 0 Å². The van der Waals surface area contributed by atoms with Crippen molar-refractivity contribution in [3.63, 3.8) is 0 Å². The number of benzene rings is 2. The Morgan fingerprint density at radius 2 is 1.79 bits per heavy atom. The molecule has 2 aliphatic rings. The predicted molar refractivity (Wildman–Crippen MR) is 103 cm³/mol. The Hall–Kier alpha value is -2.15. The summed E-state index contributed by atoms with van der Waals surface area (Å²) in [6.45, 7) is 5.13. The van der Waals surface area contributed by atoms with Crippen LogP contribution < -0.4 is 4.74 Å². The molecule has 2 aliphatic heterocycles. The van der Waals surface area contributed by atoms with Gasteiger partial charge in [-0.1, -0.05) is 12.1 Å². The number of aryl methyl sites for hydroxylation is 1. The quantitative estimate of drug-likeness (QED) is 0.739. The summed E-state index contributed by atoms with van der Waals surface area (Å²) >= 11 is 0. The van der Waals surface area contributed by atoms with Crippen molar-refractivity contribution in [3.8, 4) is 11.5 Å². The number of aromatic hydroxyl groups is 1. The Balaban J connectivity index is 1.50. The van der Waals surface area contributed by atoms with Crippen molar-refractivity contribution < 1.29 is 24.4 Å². The lowest BCUT2D eigenvalue weighted by Gasteiger charge is -2.44. The van der Waals surface area contributed by atoms with Crippen LogP contribution in [0.1, 0.15) is 41.2 Å². The number of likely N-dealkylation sites (tertiary alicyclic amines) is 1. The zero-order chi connectivity index (χ0) is 20.1. The fourth-order valence-electron chi connectivity index (χ4n) is 4.44. The van der Waals surface area contributed by atoms with Crippen LogP contribution in [0.5, 0.6) is 11.5 Å². The zero-order valence-corrected chi connectivity index (χ0v) is 16.2. The van der Waals surface area contributed by atoms with Gasteiger partial charge in [0.05, 0.1) is 11.6 Å². The van der Waals surface area contributed by atoms with Gasteiger partial charge in [-0.3, -0.25) is 4.90 Å². The molecule has 1 saturated heterocycles. The topological polar surface area (TPSA) is 73.2 Å². The van der Waals surface area contributed by atoms with Crippen LogP contribution in [0.4, 0.5) is 4.39 Å². The highest BCUT2D eigenvalue weighted by molar-refractivity contribution is 5.54.